The molecule has 3 heteroatoms. The molecule has 1 atom stereocenters. The third kappa shape index (κ3) is 3.50. The molecule has 0 saturated heterocycles. The average molecular weight is 314 g/mol. The first kappa shape index (κ1) is 15.1. The number of benzene rings is 2. The van der Waals surface area contributed by atoms with E-state index in [0.29, 0.717) is 6.54 Å². The van der Waals surface area contributed by atoms with E-state index < -0.39 is 0 Å². The Balaban J connectivity index is 1.58. The highest BCUT2D eigenvalue weighted by Gasteiger charge is 2.25. The van der Waals surface area contributed by atoms with Gasteiger partial charge in [0.25, 0.3) is 0 Å². The highest BCUT2D eigenvalue weighted by Crippen LogP contribution is 2.31. The third-order valence-electron chi connectivity index (χ3n) is 4.31. The van der Waals surface area contributed by atoms with E-state index in [4.69, 9.17) is 11.6 Å². The van der Waals surface area contributed by atoms with Crippen molar-refractivity contribution < 1.29 is 4.79 Å². The Morgan fingerprint density at radius 3 is 2.73 bits per heavy atom. The van der Waals surface area contributed by atoms with Crippen LogP contribution in [-0.2, 0) is 17.6 Å². The number of rotatable bonds is 4. The summed E-state index contributed by atoms with van der Waals surface area (Å²) < 4.78 is 0. The molecule has 0 bridgehead atoms. The molecule has 1 aliphatic rings. The first-order valence-corrected chi connectivity index (χ1v) is 8.22. The van der Waals surface area contributed by atoms with E-state index in [1.807, 2.05) is 30.3 Å². The van der Waals surface area contributed by atoms with Crippen LogP contribution in [0.15, 0.2) is 48.5 Å². The third-order valence-corrected chi connectivity index (χ3v) is 4.56. The van der Waals surface area contributed by atoms with Crippen LogP contribution in [0.5, 0.6) is 0 Å². The zero-order chi connectivity index (χ0) is 15.4. The van der Waals surface area contributed by atoms with Crippen molar-refractivity contribution in [2.45, 2.75) is 31.6 Å². The van der Waals surface area contributed by atoms with E-state index in [1.54, 1.807) is 0 Å². The Labute approximate surface area is 136 Å². The fraction of sp³-hybridized carbons (Fsp3) is 0.316. The maximum absolute atomic E-state index is 12.5. The predicted molar refractivity (Wildman–Crippen MR) is 90.3 cm³/mol. The van der Waals surface area contributed by atoms with Crippen molar-refractivity contribution in [1.82, 2.24) is 5.32 Å². The van der Waals surface area contributed by atoms with E-state index in [2.05, 4.69) is 23.5 Å². The molecule has 1 amide bonds. The van der Waals surface area contributed by atoms with E-state index in [9.17, 15) is 4.79 Å². The Bertz CT molecular complexity index is 651. The van der Waals surface area contributed by atoms with Crippen LogP contribution in [0.4, 0.5) is 0 Å². The van der Waals surface area contributed by atoms with Gasteiger partial charge in [0.15, 0.2) is 0 Å². The lowest BCUT2D eigenvalue weighted by atomic mass is 9.82. The number of halogens is 1. The summed E-state index contributed by atoms with van der Waals surface area (Å²) in [7, 11) is 0. The molecule has 0 aromatic heterocycles. The molecule has 0 saturated carbocycles. The summed E-state index contributed by atoms with van der Waals surface area (Å²) in [4.78, 5) is 12.5. The number of amides is 1. The summed E-state index contributed by atoms with van der Waals surface area (Å²) in [5, 5.41) is 3.83. The van der Waals surface area contributed by atoms with Crippen molar-refractivity contribution >= 4 is 17.5 Å². The number of fused-ring (bicyclic) bond motifs is 1. The molecule has 0 unspecified atom stereocenters. The highest BCUT2D eigenvalue weighted by atomic mass is 35.5. The smallest absolute Gasteiger partial charge is 0.227 e. The van der Waals surface area contributed by atoms with Crippen LogP contribution >= 0.6 is 11.6 Å². The minimum absolute atomic E-state index is 0.00941. The Kier molecular flexibility index (Phi) is 4.79. The van der Waals surface area contributed by atoms with Gasteiger partial charge in [-0.3, -0.25) is 4.79 Å². The van der Waals surface area contributed by atoms with Crippen LogP contribution < -0.4 is 5.32 Å². The van der Waals surface area contributed by atoms with Crippen molar-refractivity contribution in [3.05, 3.63) is 70.2 Å². The van der Waals surface area contributed by atoms with Gasteiger partial charge in [-0.25, -0.2) is 0 Å². The Hall–Kier alpha value is -1.80. The molecule has 3 rings (SSSR count). The van der Waals surface area contributed by atoms with Crippen LogP contribution in [0.1, 0.15) is 35.4 Å². The molecule has 1 aliphatic carbocycles. The van der Waals surface area contributed by atoms with Gasteiger partial charge < -0.3 is 5.32 Å². The molecular formula is C19H20ClNO. The van der Waals surface area contributed by atoms with Crippen LogP contribution in [0.25, 0.3) is 0 Å². The zero-order valence-electron chi connectivity index (χ0n) is 12.5. The van der Waals surface area contributed by atoms with E-state index in [-0.39, 0.29) is 11.8 Å². The molecule has 0 heterocycles. The second-order valence-electron chi connectivity index (χ2n) is 5.81. The first-order valence-electron chi connectivity index (χ1n) is 7.84. The summed E-state index contributed by atoms with van der Waals surface area (Å²) in [5.41, 5.74) is 3.72. The molecule has 0 radical (unpaired) electrons. The monoisotopic (exact) mass is 313 g/mol. The molecule has 2 nitrogen and oxygen atoms in total. The maximum Gasteiger partial charge on any atom is 0.227 e. The Morgan fingerprint density at radius 1 is 1.14 bits per heavy atom. The van der Waals surface area contributed by atoms with Crippen molar-refractivity contribution in [2.75, 3.05) is 6.54 Å². The summed E-state index contributed by atoms with van der Waals surface area (Å²) in [6.07, 6.45) is 3.96. The van der Waals surface area contributed by atoms with Crippen molar-refractivity contribution in [1.29, 1.82) is 0 Å². The summed E-state index contributed by atoms with van der Waals surface area (Å²) in [6.45, 7) is 0.666. The van der Waals surface area contributed by atoms with E-state index >= 15 is 0 Å². The molecular weight excluding hydrogens is 294 g/mol. The number of hydrogen-bond acceptors (Lipinski definition) is 1. The molecule has 1 N–H and O–H groups in total. The van der Waals surface area contributed by atoms with Gasteiger partial charge in [0, 0.05) is 11.6 Å². The molecule has 0 spiro atoms. The molecule has 114 valence electrons. The van der Waals surface area contributed by atoms with Gasteiger partial charge in [-0.15, -0.1) is 0 Å². The predicted octanol–water partition coefficient (Wildman–Crippen LogP) is 4.12. The second-order valence-corrected chi connectivity index (χ2v) is 6.25. The van der Waals surface area contributed by atoms with Crippen molar-refractivity contribution in [3.63, 3.8) is 0 Å². The standard InChI is InChI=1S/C19H20ClNO/c20-16-10-8-14(9-11-16)12-13-21-19(22)18-7-3-5-15-4-1-2-6-17(15)18/h1-2,4,6,8-11,18H,3,5,7,12-13H2,(H,21,22)/t18-/m1/s1. The van der Waals surface area contributed by atoms with Gasteiger partial charge in [-0.2, -0.15) is 0 Å². The van der Waals surface area contributed by atoms with Gasteiger partial charge in [0.2, 0.25) is 5.91 Å². The van der Waals surface area contributed by atoms with Gasteiger partial charge in [-0.1, -0.05) is 48.0 Å². The van der Waals surface area contributed by atoms with Gasteiger partial charge in [0.1, 0.15) is 0 Å². The van der Waals surface area contributed by atoms with Crippen molar-refractivity contribution in [3.8, 4) is 0 Å². The van der Waals surface area contributed by atoms with Crippen LogP contribution in [-0.4, -0.2) is 12.5 Å². The topological polar surface area (TPSA) is 29.1 Å². The Morgan fingerprint density at radius 2 is 1.91 bits per heavy atom. The number of carbonyl (C=O) groups excluding carboxylic acids is 1. The number of hydrogen-bond donors (Lipinski definition) is 1. The normalized spacial score (nSPS) is 16.9. The van der Waals surface area contributed by atoms with E-state index in [0.717, 1.165) is 30.7 Å². The fourth-order valence-corrected chi connectivity index (χ4v) is 3.26. The van der Waals surface area contributed by atoms with Crippen molar-refractivity contribution in [2.24, 2.45) is 0 Å². The van der Waals surface area contributed by atoms with Gasteiger partial charge in [-0.05, 0) is 54.5 Å². The van der Waals surface area contributed by atoms with Crippen LogP contribution in [0.2, 0.25) is 5.02 Å². The zero-order valence-corrected chi connectivity index (χ0v) is 13.3. The second kappa shape index (κ2) is 6.97. The largest absolute Gasteiger partial charge is 0.355 e. The summed E-state index contributed by atoms with van der Waals surface area (Å²) >= 11 is 5.88. The maximum atomic E-state index is 12.5. The highest BCUT2D eigenvalue weighted by molar-refractivity contribution is 6.30. The summed E-state index contributed by atoms with van der Waals surface area (Å²) in [5.74, 6) is 0.163. The number of aryl methyl sites for hydroxylation is 1. The molecule has 22 heavy (non-hydrogen) atoms. The summed E-state index contributed by atoms with van der Waals surface area (Å²) in [6, 6.07) is 16.1. The van der Waals surface area contributed by atoms with Gasteiger partial charge in [0.05, 0.1) is 5.92 Å². The number of nitrogens with one attached hydrogen (secondary N) is 1. The quantitative estimate of drug-likeness (QED) is 0.904. The number of carbonyl (C=O) groups is 1. The first-order chi connectivity index (χ1) is 10.7. The van der Waals surface area contributed by atoms with Crippen LogP contribution in [0, 0.1) is 0 Å². The molecule has 0 aliphatic heterocycles. The minimum Gasteiger partial charge on any atom is -0.355 e. The van der Waals surface area contributed by atoms with E-state index in [1.165, 1.54) is 16.7 Å². The molecule has 0 fully saturated rings. The SMILES string of the molecule is O=C(NCCc1ccc(Cl)cc1)[C@@H]1CCCc2ccccc21. The lowest BCUT2D eigenvalue weighted by Crippen LogP contribution is -2.32. The van der Waals surface area contributed by atoms with Gasteiger partial charge >= 0.3 is 0 Å². The molecule has 2 aromatic rings. The lowest BCUT2D eigenvalue weighted by Gasteiger charge is -2.24. The average Bonchev–Trinajstić information content (AvgIpc) is 2.56. The van der Waals surface area contributed by atoms with Crippen LogP contribution in [0.3, 0.4) is 0 Å². The minimum atomic E-state index is 0.00941. The lowest BCUT2D eigenvalue weighted by molar-refractivity contribution is -0.122. The fourth-order valence-electron chi connectivity index (χ4n) is 3.13. The molecule has 2 aromatic carbocycles.